The summed E-state index contributed by atoms with van der Waals surface area (Å²) in [7, 11) is 0. The molecule has 0 radical (unpaired) electrons. The molecule has 0 saturated heterocycles. The van der Waals surface area contributed by atoms with Crippen LogP contribution in [0.4, 0.5) is 11.4 Å². The molecule has 1 aromatic heterocycles. The van der Waals surface area contributed by atoms with E-state index >= 15 is 0 Å². The molecule has 8 heteroatoms. The normalized spacial score (nSPS) is 10.1. The first-order valence-corrected chi connectivity index (χ1v) is 9.33. The summed E-state index contributed by atoms with van der Waals surface area (Å²) in [5, 5.41) is 8.45. The van der Waals surface area contributed by atoms with E-state index in [1.54, 1.807) is 54.6 Å². The van der Waals surface area contributed by atoms with E-state index < -0.39 is 0 Å². The lowest BCUT2D eigenvalue weighted by Crippen LogP contribution is -2.34. The van der Waals surface area contributed by atoms with Crippen molar-refractivity contribution in [3.05, 3.63) is 81.8 Å². The number of anilines is 2. The van der Waals surface area contributed by atoms with E-state index in [9.17, 15) is 9.59 Å². The number of halogens is 1. The van der Waals surface area contributed by atoms with Gasteiger partial charge in [0.1, 0.15) is 0 Å². The zero-order valence-corrected chi connectivity index (χ0v) is 16.8. The van der Waals surface area contributed by atoms with Gasteiger partial charge in [0.25, 0.3) is 11.8 Å². The fraction of sp³-hybridized carbons (Fsp3) is 0. The van der Waals surface area contributed by atoms with Crippen LogP contribution in [-0.2, 0) is 0 Å². The SMILES string of the molecule is O=C(NC(=S)Nc1cccc(NC(=O)c2ccco2)c1)c1cccc(I)c1. The zero-order chi connectivity index (χ0) is 19.2. The van der Waals surface area contributed by atoms with E-state index in [1.807, 2.05) is 6.07 Å². The predicted molar refractivity (Wildman–Crippen MR) is 116 cm³/mol. The Balaban J connectivity index is 1.61. The van der Waals surface area contributed by atoms with E-state index in [-0.39, 0.29) is 22.7 Å². The molecule has 2 amide bonds. The Labute approximate surface area is 174 Å². The lowest BCUT2D eigenvalue weighted by molar-refractivity contribution is 0.0975. The van der Waals surface area contributed by atoms with Gasteiger partial charge in [-0.1, -0.05) is 12.1 Å². The quantitative estimate of drug-likeness (QED) is 0.375. The molecule has 3 N–H and O–H groups in total. The summed E-state index contributed by atoms with van der Waals surface area (Å²) in [5.74, 6) is -0.436. The summed E-state index contributed by atoms with van der Waals surface area (Å²) in [6.45, 7) is 0. The highest BCUT2D eigenvalue weighted by Gasteiger charge is 2.10. The van der Waals surface area contributed by atoms with Gasteiger partial charge in [0, 0.05) is 20.5 Å². The van der Waals surface area contributed by atoms with Gasteiger partial charge >= 0.3 is 0 Å². The van der Waals surface area contributed by atoms with Crippen LogP contribution in [0, 0.1) is 3.57 Å². The van der Waals surface area contributed by atoms with Crippen molar-refractivity contribution in [2.75, 3.05) is 10.6 Å². The lowest BCUT2D eigenvalue weighted by atomic mass is 10.2. The Morgan fingerprint density at radius 2 is 1.63 bits per heavy atom. The molecule has 0 aliphatic rings. The molecule has 0 saturated carbocycles. The third-order valence-electron chi connectivity index (χ3n) is 3.44. The minimum Gasteiger partial charge on any atom is -0.459 e. The predicted octanol–water partition coefficient (Wildman–Crippen LogP) is 4.26. The molecule has 0 fully saturated rings. The van der Waals surface area contributed by atoms with E-state index in [1.165, 1.54) is 6.26 Å². The third-order valence-corrected chi connectivity index (χ3v) is 4.31. The van der Waals surface area contributed by atoms with Crippen LogP contribution in [0.15, 0.2) is 71.3 Å². The number of rotatable bonds is 4. The zero-order valence-electron chi connectivity index (χ0n) is 13.9. The molecule has 3 rings (SSSR count). The monoisotopic (exact) mass is 491 g/mol. The lowest BCUT2D eigenvalue weighted by Gasteiger charge is -2.11. The van der Waals surface area contributed by atoms with E-state index in [0.29, 0.717) is 16.9 Å². The standard InChI is InChI=1S/C19H14IN3O3S/c20-13-5-1-4-12(10-13)17(24)23-19(27)22-15-7-2-6-14(11-15)21-18(25)16-8-3-9-26-16/h1-11H,(H,21,25)(H2,22,23,24,27). The first-order chi connectivity index (χ1) is 13.0. The highest BCUT2D eigenvalue weighted by molar-refractivity contribution is 14.1. The number of nitrogens with one attached hydrogen (secondary N) is 3. The summed E-state index contributed by atoms with van der Waals surface area (Å²) >= 11 is 7.33. The number of furan rings is 1. The molecule has 3 aromatic rings. The van der Waals surface area contributed by atoms with Gasteiger partial charge in [-0.15, -0.1) is 0 Å². The summed E-state index contributed by atoms with van der Waals surface area (Å²) in [5.41, 5.74) is 1.71. The summed E-state index contributed by atoms with van der Waals surface area (Å²) in [6, 6.07) is 17.4. The van der Waals surface area contributed by atoms with Crippen LogP contribution in [0.25, 0.3) is 0 Å². The molecule has 0 aliphatic heterocycles. The summed E-state index contributed by atoms with van der Waals surface area (Å²) < 4.78 is 6.02. The molecule has 136 valence electrons. The van der Waals surface area contributed by atoms with Crippen LogP contribution in [0.1, 0.15) is 20.9 Å². The Bertz CT molecular complexity index is 989. The average molecular weight is 491 g/mol. The third kappa shape index (κ3) is 5.38. The van der Waals surface area contributed by atoms with Crippen LogP contribution in [-0.4, -0.2) is 16.9 Å². The van der Waals surface area contributed by atoms with E-state index in [2.05, 4.69) is 38.5 Å². The second-order valence-corrected chi connectivity index (χ2v) is 7.08. The maximum absolute atomic E-state index is 12.2. The second-order valence-electron chi connectivity index (χ2n) is 5.43. The van der Waals surface area contributed by atoms with Crippen LogP contribution in [0.3, 0.4) is 0 Å². The number of benzene rings is 2. The van der Waals surface area contributed by atoms with Crippen molar-refractivity contribution in [2.45, 2.75) is 0 Å². The molecule has 0 atom stereocenters. The first kappa shape index (κ1) is 19.1. The highest BCUT2D eigenvalue weighted by atomic mass is 127. The van der Waals surface area contributed by atoms with Gasteiger partial charge in [-0.25, -0.2) is 0 Å². The fourth-order valence-electron chi connectivity index (χ4n) is 2.24. The van der Waals surface area contributed by atoms with Crippen molar-refractivity contribution in [1.82, 2.24) is 5.32 Å². The van der Waals surface area contributed by atoms with Crippen molar-refractivity contribution < 1.29 is 14.0 Å². The van der Waals surface area contributed by atoms with Crippen molar-refractivity contribution in [1.29, 1.82) is 0 Å². The van der Waals surface area contributed by atoms with Crippen LogP contribution >= 0.6 is 34.8 Å². The van der Waals surface area contributed by atoms with E-state index in [4.69, 9.17) is 16.6 Å². The number of amides is 2. The summed E-state index contributed by atoms with van der Waals surface area (Å²) in [4.78, 5) is 24.3. The number of hydrogen-bond donors (Lipinski definition) is 3. The Hall–Kier alpha value is -2.72. The van der Waals surface area contributed by atoms with Crippen molar-refractivity contribution in [3.63, 3.8) is 0 Å². The molecule has 0 spiro atoms. The van der Waals surface area contributed by atoms with Crippen molar-refractivity contribution >= 4 is 63.1 Å². The number of thiocarbonyl (C=S) groups is 1. The van der Waals surface area contributed by atoms with Gasteiger partial charge in [0.05, 0.1) is 6.26 Å². The van der Waals surface area contributed by atoms with Crippen molar-refractivity contribution in [2.24, 2.45) is 0 Å². The van der Waals surface area contributed by atoms with Gasteiger partial charge in [0.2, 0.25) is 0 Å². The minimum atomic E-state index is -0.355. The molecular formula is C19H14IN3O3S. The first-order valence-electron chi connectivity index (χ1n) is 7.84. The van der Waals surface area contributed by atoms with Gasteiger partial charge in [0.15, 0.2) is 10.9 Å². The molecule has 6 nitrogen and oxygen atoms in total. The molecule has 27 heavy (non-hydrogen) atoms. The fourth-order valence-corrected chi connectivity index (χ4v) is 3.00. The maximum atomic E-state index is 12.2. The minimum absolute atomic E-state index is 0.161. The number of carbonyl (C=O) groups is 2. The molecule has 0 unspecified atom stereocenters. The summed E-state index contributed by atoms with van der Waals surface area (Å²) in [6.07, 6.45) is 1.43. The highest BCUT2D eigenvalue weighted by Crippen LogP contribution is 2.16. The molecule has 0 bridgehead atoms. The average Bonchev–Trinajstić information content (AvgIpc) is 3.16. The molecule has 2 aromatic carbocycles. The molecule has 1 heterocycles. The topological polar surface area (TPSA) is 83.4 Å². The van der Waals surface area contributed by atoms with E-state index in [0.717, 1.165) is 3.57 Å². The number of carbonyl (C=O) groups excluding carboxylic acids is 2. The smallest absolute Gasteiger partial charge is 0.291 e. The Morgan fingerprint density at radius 1 is 0.889 bits per heavy atom. The van der Waals surface area contributed by atoms with Crippen LogP contribution < -0.4 is 16.0 Å². The van der Waals surface area contributed by atoms with Gasteiger partial charge in [-0.2, -0.15) is 0 Å². The van der Waals surface area contributed by atoms with Gasteiger partial charge < -0.3 is 15.1 Å². The van der Waals surface area contributed by atoms with Crippen molar-refractivity contribution in [3.8, 4) is 0 Å². The van der Waals surface area contributed by atoms with Gasteiger partial charge in [-0.3, -0.25) is 14.9 Å². The second kappa shape index (κ2) is 8.78. The van der Waals surface area contributed by atoms with Gasteiger partial charge in [-0.05, 0) is 83.3 Å². The van der Waals surface area contributed by atoms with Crippen LogP contribution in [0.5, 0.6) is 0 Å². The number of hydrogen-bond acceptors (Lipinski definition) is 4. The Kier molecular flexibility index (Phi) is 6.20. The molecule has 0 aliphatic carbocycles. The Morgan fingerprint density at radius 3 is 2.33 bits per heavy atom. The largest absolute Gasteiger partial charge is 0.459 e. The molecular weight excluding hydrogens is 477 g/mol. The maximum Gasteiger partial charge on any atom is 0.291 e. The van der Waals surface area contributed by atoms with Crippen LogP contribution in [0.2, 0.25) is 0 Å².